The average molecular weight is 232 g/mol. The van der Waals surface area contributed by atoms with Crippen molar-refractivity contribution in [1.29, 1.82) is 0 Å². The van der Waals surface area contributed by atoms with E-state index < -0.39 is 11.9 Å². The zero-order valence-corrected chi connectivity index (χ0v) is 10.1. The first-order valence-electron chi connectivity index (χ1n) is 4.88. The molecule has 0 unspecified atom stereocenters. The van der Waals surface area contributed by atoms with Crippen molar-refractivity contribution in [3.63, 3.8) is 0 Å². The van der Waals surface area contributed by atoms with Gasteiger partial charge in [0.05, 0.1) is 19.4 Å². The minimum Gasteiger partial charge on any atom is -0.481 e. The second-order valence-electron chi connectivity index (χ2n) is 3.31. The van der Waals surface area contributed by atoms with Gasteiger partial charge < -0.3 is 14.6 Å². The van der Waals surface area contributed by atoms with E-state index >= 15 is 0 Å². The molecule has 0 aliphatic carbocycles. The molecule has 0 spiro atoms. The van der Waals surface area contributed by atoms with Crippen LogP contribution in [0.3, 0.4) is 0 Å². The zero-order valence-electron chi connectivity index (χ0n) is 10.1. The maximum Gasteiger partial charge on any atom is 0.306 e. The van der Waals surface area contributed by atoms with Crippen LogP contribution in [0.15, 0.2) is 12.2 Å². The maximum atomic E-state index is 10.7. The number of methoxy groups -OCH3 is 1. The van der Waals surface area contributed by atoms with Gasteiger partial charge in [-0.1, -0.05) is 5.57 Å². The molecule has 0 saturated carbocycles. The first-order chi connectivity index (χ1) is 7.40. The first kappa shape index (κ1) is 17.0. The Morgan fingerprint density at radius 2 is 1.69 bits per heavy atom. The van der Waals surface area contributed by atoms with E-state index in [4.69, 9.17) is 5.11 Å². The lowest BCUT2D eigenvalue weighted by molar-refractivity contribution is -0.148. The number of carboxylic acids is 1. The summed E-state index contributed by atoms with van der Waals surface area (Å²) in [6, 6.07) is 0. The topological polar surface area (TPSA) is 72.8 Å². The molecule has 0 radical (unpaired) electrons. The van der Waals surface area contributed by atoms with Crippen molar-refractivity contribution in [1.82, 2.24) is 0 Å². The average Bonchev–Trinajstić information content (AvgIpc) is 2.14. The minimum atomic E-state index is -1.00. The summed E-state index contributed by atoms with van der Waals surface area (Å²) in [4.78, 5) is 20.7. The monoisotopic (exact) mass is 232 g/mol. The lowest BCUT2D eigenvalue weighted by Gasteiger charge is -2.01. The van der Waals surface area contributed by atoms with Gasteiger partial charge in [0, 0.05) is 7.11 Å². The van der Waals surface area contributed by atoms with Gasteiger partial charge in [0.2, 0.25) is 0 Å². The molecule has 0 aromatic heterocycles. The molecule has 0 aliphatic rings. The standard InChI is InChI=1S/C7H12O5.C4H8/c1-11-4-5-12-7(10)3-2-6(8)9;1-4(2)3/h2-5H2,1H3,(H,8,9);1H2,2-3H3. The van der Waals surface area contributed by atoms with Crippen molar-refractivity contribution in [2.45, 2.75) is 26.7 Å². The fourth-order valence-electron chi connectivity index (χ4n) is 0.520. The summed E-state index contributed by atoms with van der Waals surface area (Å²) >= 11 is 0. The van der Waals surface area contributed by atoms with Crippen LogP contribution in [0.2, 0.25) is 0 Å². The summed E-state index contributed by atoms with van der Waals surface area (Å²) in [5.41, 5.74) is 1.17. The van der Waals surface area contributed by atoms with Crippen LogP contribution < -0.4 is 0 Å². The first-order valence-corrected chi connectivity index (χ1v) is 4.88. The summed E-state index contributed by atoms with van der Waals surface area (Å²) in [6.45, 7) is 8.01. The number of hydrogen-bond donors (Lipinski definition) is 1. The van der Waals surface area contributed by atoms with Gasteiger partial charge in [0.15, 0.2) is 0 Å². The number of hydrogen-bond acceptors (Lipinski definition) is 4. The van der Waals surface area contributed by atoms with E-state index in [0.717, 1.165) is 0 Å². The van der Waals surface area contributed by atoms with Gasteiger partial charge in [-0.15, -0.1) is 6.58 Å². The van der Waals surface area contributed by atoms with Gasteiger partial charge >= 0.3 is 11.9 Å². The number of ether oxygens (including phenoxy) is 2. The summed E-state index contributed by atoms with van der Waals surface area (Å²) in [5, 5.41) is 8.20. The molecule has 1 N–H and O–H groups in total. The van der Waals surface area contributed by atoms with Crippen molar-refractivity contribution in [2.75, 3.05) is 20.3 Å². The van der Waals surface area contributed by atoms with Gasteiger partial charge in [0.1, 0.15) is 6.61 Å². The highest BCUT2D eigenvalue weighted by molar-refractivity contribution is 5.76. The highest BCUT2D eigenvalue weighted by atomic mass is 16.6. The molecule has 0 aliphatic heterocycles. The second-order valence-corrected chi connectivity index (χ2v) is 3.31. The van der Waals surface area contributed by atoms with Crippen molar-refractivity contribution in [3.05, 3.63) is 12.2 Å². The van der Waals surface area contributed by atoms with Gasteiger partial charge in [-0.05, 0) is 13.8 Å². The van der Waals surface area contributed by atoms with Crippen LogP contribution in [-0.4, -0.2) is 37.4 Å². The van der Waals surface area contributed by atoms with Gasteiger partial charge in [-0.25, -0.2) is 0 Å². The van der Waals surface area contributed by atoms with Crippen LogP contribution in [0.5, 0.6) is 0 Å². The Bertz CT molecular complexity index is 218. The number of allylic oxidation sites excluding steroid dienone is 1. The molecule has 5 nitrogen and oxygen atoms in total. The molecule has 0 atom stereocenters. The van der Waals surface area contributed by atoms with Crippen LogP contribution in [0, 0.1) is 0 Å². The molecule has 0 heterocycles. The van der Waals surface area contributed by atoms with Crippen LogP contribution in [-0.2, 0) is 19.1 Å². The SMILES string of the molecule is C=C(C)C.COCCOC(=O)CCC(=O)O. The molecule has 94 valence electrons. The quantitative estimate of drug-likeness (QED) is 0.428. The van der Waals surface area contributed by atoms with Crippen molar-refractivity contribution in [2.24, 2.45) is 0 Å². The molecule has 0 aromatic carbocycles. The summed E-state index contributed by atoms with van der Waals surface area (Å²) in [5.74, 6) is -1.51. The van der Waals surface area contributed by atoms with E-state index in [0.29, 0.717) is 6.61 Å². The van der Waals surface area contributed by atoms with Crippen molar-refractivity contribution >= 4 is 11.9 Å². The Labute approximate surface area is 96.0 Å². The van der Waals surface area contributed by atoms with Gasteiger partial charge in [0.25, 0.3) is 0 Å². The lowest BCUT2D eigenvalue weighted by Crippen LogP contribution is -2.10. The molecule has 5 heteroatoms. The fraction of sp³-hybridized carbons (Fsp3) is 0.636. The predicted molar refractivity (Wildman–Crippen MR) is 60.2 cm³/mol. The van der Waals surface area contributed by atoms with Crippen LogP contribution in [0.4, 0.5) is 0 Å². The Morgan fingerprint density at radius 3 is 2.06 bits per heavy atom. The fourth-order valence-corrected chi connectivity index (χ4v) is 0.520. The molecule has 0 aromatic rings. The normalized spacial score (nSPS) is 8.69. The Hall–Kier alpha value is -1.36. The van der Waals surface area contributed by atoms with E-state index in [2.05, 4.69) is 16.1 Å². The van der Waals surface area contributed by atoms with E-state index in [-0.39, 0.29) is 19.4 Å². The van der Waals surface area contributed by atoms with E-state index in [1.165, 1.54) is 12.7 Å². The molecule has 0 fully saturated rings. The number of carboxylic acid groups (broad SMARTS) is 1. The van der Waals surface area contributed by atoms with Gasteiger partial charge in [-0.3, -0.25) is 9.59 Å². The molecule has 0 rings (SSSR count). The molecule has 0 amide bonds. The number of esters is 1. The largest absolute Gasteiger partial charge is 0.481 e. The van der Waals surface area contributed by atoms with Gasteiger partial charge in [-0.2, -0.15) is 0 Å². The number of carbonyl (C=O) groups is 2. The van der Waals surface area contributed by atoms with E-state index in [1.807, 2.05) is 13.8 Å². The summed E-state index contributed by atoms with van der Waals surface area (Å²) in [7, 11) is 1.49. The number of aliphatic carboxylic acids is 1. The predicted octanol–water partition coefficient (Wildman–Crippen LogP) is 1.62. The molecular formula is C11H20O5. The molecule has 0 bridgehead atoms. The Balaban J connectivity index is 0. The van der Waals surface area contributed by atoms with Crippen LogP contribution in [0.25, 0.3) is 0 Å². The number of carbonyl (C=O) groups excluding carboxylic acids is 1. The third-order valence-corrected chi connectivity index (χ3v) is 1.09. The minimum absolute atomic E-state index is 0.0843. The van der Waals surface area contributed by atoms with Crippen molar-refractivity contribution < 1.29 is 24.2 Å². The maximum absolute atomic E-state index is 10.7. The van der Waals surface area contributed by atoms with E-state index in [1.54, 1.807) is 0 Å². The zero-order chi connectivity index (χ0) is 13.0. The van der Waals surface area contributed by atoms with Crippen LogP contribution in [0.1, 0.15) is 26.7 Å². The molecule has 0 saturated heterocycles. The van der Waals surface area contributed by atoms with Crippen molar-refractivity contribution in [3.8, 4) is 0 Å². The second kappa shape index (κ2) is 11.7. The third kappa shape index (κ3) is 22.9. The smallest absolute Gasteiger partial charge is 0.306 e. The Morgan fingerprint density at radius 1 is 1.19 bits per heavy atom. The highest BCUT2D eigenvalue weighted by Crippen LogP contribution is 1.92. The Kier molecular flexibility index (Phi) is 12.5. The van der Waals surface area contributed by atoms with Crippen LogP contribution >= 0.6 is 0 Å². The van der Waals surface area contributed by atoms with E-state index in [9.17, 15) is 9.59 Å². The highest BCUT2D eigenvalue weighted by Gasteiger charge is 2.05. The third-order valence-electron chi connectivity index (χ3n) is 1.09. The molecular weight excluding hydrogens is 212 g/mol. The summed E-state index contributed by atoms with van der Waals surface area (Å²) < 4.78 is 9.23. The number of rotatable bonds is 6. The molecule has 16 heavy (non-hydrogen) atoms. The lowest BCUT2D eigenvalue weighted by atomic mass is 10.3. The summed E-state index contributed by atoms with van der Waals surface area (Å²) in [6.07, 6.45) is -0.273.